The van der Waals surface area contributed by atoms with Crippen molar-refractivity contribution < 1.29 is 59.4 Å². The minimum Gasteiger partial charge on any atom is -0.264 e. The first-order valence-corrected chi connectivity index (χ1v) is 2.10. The molecule has 0 saturated carbocycles. The molecule has 0 aromatic carbocycles. The molecular weight excluding hydrogens is 269 g/mol. The van der Waals surface area contributed by atoms with E-state index in [9.17, 15) is 0 Å². The standard InChI is InChI=1S/Ag.H2O4S.Zn/c;1-5(2,3)4;/h;(H2,1,2,3,4);. The Labute approximate surface area is 69.5 Å². The summed E-state index contributed by atoms with van der Waals surface area (Å²) in [5.41, 5.74) is 0. The minimum atomic E-state index is -4.67. The van der Waals surface area contributed by atoms with E-state index in [4.69, 9.17) is 17.5 Å². The van der Waals surface area contributed by atoms with Gasteiger partial charge in [0.15, 0.2) is 0 Å². The molecule has 4 nitrogen and oxygen atoms in total. The Kier molecular flexibility index (Phi) is 12.1. The minimum absolute atomic E-state index is 0. The molecule has 0 bridgehead atoms. The van der Waals surface area contributed by atoms with Crippen LogP contribution in [0.25, 0.3) is 0 Å². The number of hydrogen-bond acceptors (Lipinski definition) is 2. The van der Waals surface area contributed by atoms with Gasteiger partial charge in [-0.2, -0.15) is 8.42 Å². The molecule has 1 radical (unpaired) electrons. The summed E-state index contributed by atoms with van der Waals surface area (Å²) in [6.07, 6.45) is 0. The van der Waals surface area contributed by atoms with Crippen molar-refractivity contribution in [2.24, 2.45) is 0 Å². The van der Waals surface area contributed by atoms with Crippen molar-refractivity contribution in [3.8, 4) is 0 Å². The van der Waals surface area contributed by atoms with Gasteiger partial charge in [0.1, 0.15) is 0 Å². The molecule has 7 heteroatoms. The molecule has 0 amide bonds. The monoisotopic (exact) mass is 269 g/mol. The largest absolute Gasteiger partial charge is 0.394 e. The molecule has 2 N–H and O–H groups in total. The fourth-order valence-electron chi connectivity index (χ4n) is 0. The fraction of sp³-hybridized carbons (Fsp3) is 0. The molecule has 0 atom stereocenters. The van der Waals surface area contributed by atoms with Gasteiger partial charge in [-0.3, -0.25) is 9.11 Å². The van der Waals surface area contributed by atoms with Gasteiger partial charge in [-0.05, 0) is 0 Å². The Morgan fingerprint density at radius 1 is 1.14 bits per heavy atom. The third-order valence-electron chi connectivity index (χ3n) is 0. The molecule has 45 valence electrons. The van der Waals surface area contributed by atoms with Crippen molar-refractivity contribution in [2.75, 3.05) is 0 Å². The quantitative estimate of drug-likeness (QED) is 0.453. The molecule has 0 spiro atoms. The van der Waals surface area contributed by atoms with Crippen LogP contribution in [-0.4, -0.2) is 17.5 Å². The molecule has 0 aliphatic carbocycles. The summed E-state index contributed by atoms with van der Waals surface area (Å²) in [7, 11) is -4.67. The normalized spacial score (nSPS) is 8.29. The van der Waals surface area contributed by atoms with E-state index in [2.05, 4.69) is 0 Å². The first kappa shape index (κ1) is 15.7. The van der Waals surface area contributed by atoms with Crippen LogP contribution >= 0.6 is 0 Å². The number of rotatable bonds is 0. The van der Waals surface area contributed by atoms with Crippen LogP contribution in [-0.2, 0) is 52.3 Å². The van der Waals surface area contributed by atoms with E-state index in [1.165, 1.54) is 0 Å². The second-order valence-electron chi connectivity index (χ2n) is 0.448. The Morgan fingerprint density at radius 3 is 1.14 bits per heavy atom. The number of hydrogen-bond donors (Lipinski definition) is 2. The maximum absolute atomic E-state index is 8.74. The molecule has 0 rings (SSSR count). The Hall–Kier alpha value is 1.23. The maximum atomic E-state index is 8.74. The van der Waals surface area contributed by atoms with Gasteiger partial charge in [0.05, 0.1) is 0 Å². The smallest absolute Gasteiger partial charge is 0.264 e. The maximum Gasteiger partial charge on any atom is 0.394 e. The van der Waals surface area contributed by atoms with Gasteiger partial charge in [-0.1, -0.05) is 0 Å². The Morgan fingerprint density at radius 2 is 1.14 bits per heavy atom. The van der Waals surface area contributed by atoms with E-state index >= 15 is 0 Å². The summed E-state index contributed by atoms with van der Waals surface area (Å²) in [6.45, 7) is 0. The summed E-state index contributed by atoms with van der Waals surface area (Å²) in [5.74, 6) is 0. The van der Waals surface area contributed by atoms with E-state index in [0.29, 0.717) is 0 Å². The van der Waals surface area contributed by atoms with Crippen LogP contribution in [0.5, 0.6) is 0 Å². The van der Waals surface area contributed by atoms with Crippen molar-refractivity contribution in [1.29, 1.82) is 0 Å². The molecule has 7 heavy (non-hydrogen) atoms. The van der Waals surface area contributed by atoms with Gasteiger partial charge in [0.2, 0.25) is 0 Å². The third kappa shape index (κ3) is 130. The van der Waals surface area contributed by atoms with Gasteiger partial charge in [0.25, 0.3) is 0 Å². The molecule has 0 aliphatic heterocycles. The SMILES string of the molecule is O=S(=O)(O)O.[Ag].[Zn]. The second kappa shape index (κ2) is 5.37. The zero-order valence-electron chi connectivity index (χ0n) is 3.13. The van der Waals surface area contributed by atoms with E-state index in [0.717, 1.165) is 0 Å². The first-order chi connectivity index (χ1) is 2.00. The van der Waals surface area contributed by atoms with Crippen LogP contribution in [0.1, 0.15) is 0 Å². The molecule has 0 heterocycles. The van der Waals surface area contributed by atoms with Gasteiger partial charge in [-0.25, -0.2) is 0 Å². The average Bonchev–Trinajstić information content (AvgIpc) is 0.722. The Bertz CT molecular complexity index is 94.9. The Balaban J connectivity index is -0.0000000800. The van der Waals surface area contributed by atoms with Crippen molar-refractivity contribution in [1.82, 2.24) is 0 Å². The van der Waals surface area contributed by atoms with Gasteiger partial charge < -0.3 is 0 Å². The van der Waals surface area contributed by atoms with E-state index in [1.54, 1.807) is 0 Å². The van der Waals surface area contributed by atoms with Gasteiger partial charge in [0, 0.05) is 41.9 Å². The van der Waals surface area contributed by atoms with E-state index in [1.807, 2.05) is 0 Å². The van der Waals surface area contributed by atoms with Gasteiger partial charge >= 0.3 is 10.4 Å². The zero-order chi connectivity index (χ0) is 4.50. The molecule has 0 saturated heterocycles. The second-order valence-corrected chi connectivity index (χ2v) is 1.34. The van der Waals surface area contributed by atoms with Crippen molar-refractivity contribution in [3.05, 3.63) is 0 Å². The van der Waals surface area contributed by atoms with Gasteiger partial charge in [-0.15, -0.1) is 0 Å². The van der Waals surface area contributed by atoms with E-state index in [-0.39, 0.29) is 41.9 Å². The topological polar surface area (TPSA) is 74.6 Å². The van der Waals surface area contributed by atoms with Crippen LogP contribution in [0, 0.1) is 0 Å². The molecule has 0 unspecified atom stereocenters. The average molecular weight is 271 g/mol. The molecule has 0 aromatic rings. The van der Waals surface area contributed by atoms with Crippen molar-refractivity contribution >= 4 is 10.4 Å². The van der Waals surface area contributed by atoms with Crippen LogP contribution < -0.4 is 0 Å². The van der Waals surface area contributed by atoms with Crippen molar-refractivity contribution in [3.63, 3.8) is 0 Å². The summed E-state index contributed by atoms with van der Waals surface area (Å²) < 4.78 is 31.6. The molecular formula is H2AgO4SZn. The van der Waals surface area contributed by atoms with Crippen LogP contribution in [0.2, 0.25) is 0 Å². The van der Waals surface area contributed by atoms with Crippen LogP contribution in [0.4, 0.5) is 0 Å². The molecule has 0 fully saturated rings. The summed E-state index contributed by atoms with van der Waals surface area (Å²) in [4.78, 5) is 0. The predicted molar refractivity (Wildman–Crippen MR) is 14.2 cm³/mol. The third-order valence-corrected chi connectivity index (χ3v) is 0. The summed E-state index contributed by atoms with van der Waals surface area (Å²) in [6, 6.07) is 0. The van der Waals surface area contributed by atoms with Crippen molar-refractivity contribution in [2.45, 2.75) is 0 Å². The zero-order valence-corrected chi connectivity index (χ0v) is 8.39. The predicted octanol–water partition coefficient (Wildman–Crippen LogP) is -0.658. The first-order valence-electron chi connectivity index (χ1n) is 0.698. The van der Waals surface area contributed by atoms with E-state index < -0.39 is 10.4 Å². The fourth-order valence-corrected chi connectivity index (χ4v) is 0. The van der Waals surface area contributed by atoms with Crippen LogP contribution in [0.3, 0.4) is 0 Å². The molecule has 0 aromatic heterocycles. The summed E-state index contributed by atoms with van der Waals surface area (Å²) >= 11 is 0. The molecule has 0 aliphatic rings. The van der Waals surface area contributed by atoms with Crippen LogP contribution in [0.15, 0.2) is 0 Å². The summed E-state index contributed by atoms with van der Waals surface area (Å²) in [5, 5.41) is 0.